The number of hydrogen-bond donors (Lipinski definition) is 0. The van der Waals surface area contributed by atoms with Gasteiger partial charge in [0.1, 0.15) is 0 Å². The van der Waals surface area contributed by atoms with Crippen LogP contribution in [0.15, 0.2) is 0 Å². The second-order valence-corrected chi connectivity index (χ2v) is 5.90. The molecule has 1 aromatic rings. The van der Waals surface area contributed by atoms with E-state index in [1.165, 1.54) is 0 Å². The minimum absolute atomic E-state index is 0.292. The van der Waals surface area contributed by atoms with Crippen molar-refractivity contribution in [3.05, 3.63) is 5.01 Å². The molecule has 3 nitrogen and oxygen atoms in total. The Kier molecular flexibility index (Phi) is 4.54. The maximum absolute atomic E-state index is 12.3. The Morgan fingerprint density at radius 2 is 2.06 bits per heavy atom. The van der Waals surface area contributed by atoms with Crippen molar-refractivity contribution in [3.8, 4) is 0 Å². The third-order valence-corrected chi connectivity index (χ3v) is 3.39. The molecule has 1 heterocycles. The standard InChI is InChI=1S/C8H11BrF3N3S/c1-5(9)3-4-15(2)7-14-13-6(16-7)8(10,11)12/h5H,3-4H2,1-2H3. The first-order chi connectivity index (χ1) is 7.30. The van der Waals surface area contributed by atoms with Gasteiger partial charge < -0.3 is 4.90 Å². The number of halogens is 4. The smallest absolute Gasteiger partial charge is 0.350 e. The van der Waals surface area contributed by atoms with Crippen LogP contribution >= 0.6 is 27.3 Å². The van der Waals surface area contributed by atoms with Gasteiger partial charge in [-0.05, 0) is 6.42 Å². The van der Waals surface area contributed by atoms with Gasteiger partial charge in [-0.1, -0.05) is 34.2 Å². The Hall–Kier alpha value is -0.370. The normalized spacial score (nSPS) is 13.9. The number of alkyl halides is 4. The summed E-state index contributed by atoms with van der Waals surface area (Å²) in [5.74, 6) is 0. The van der Waals surface area contributed by atoms with E-state index in [9.17, 15) is 13.2 Å². The molecule has 0 saturated carbocycles. The highest BCUT2D eigenvalue weighted by atomic mass is 79.9. The maximum atomic E-state index is 12.3. The Bertz CT molecular complexity index is 340. The molecule has 1 unspecified atom stereocenters. The summed E-state index contributed by atoms with van der Waals surface area (Å²) in [5.41, 5.74) is 0. The summed E-state index contributed by atoms with van der Waals surface area (Å²) in [6, 6.07) is 0. The summed E-state index contributed by atoms with van der Waals surface area (Å²) in [4.78, 5) is 2.00. The van der Waals surface area contributed by atoms with Gasteiger partial charge in [0.05, 0.1) is 0 Å². The molecule has 1 atom stereocenters. The van der Waals surface area contributed by atoms with Gasteiger partial charge in [-0.3, -0.25) is 0 Å². The monoisotopic (exact) mass is 317 g/mol. The summed E-state index contributed by atoms with van der Waals surface area (Å²) in [6.07, 6.45) is -3.57. The predicted octanol–water partition coefficient (Wildman–Crippen LogP) is 3.17. The molecule has 0 spiro atoms. The van der Waals surface area contributed by atoms with Crippen LogP contribution in [0.1, 0.15) is 18.4 Å². The molecule has 0 bridgehead atoms. The molecule has 0 aliphatic rings. The third-order valence-electron chi connectivity index (χ3n) is 1.85. The topological polar surface area (TPSA) is 29.0 Å². The fourth-order valence-electron chi connectivity index (χ4n) is 0.951. The first-order valence-electron chi connectivity index (χ1n) is 4.56. The molecule has 1 rings (SSSR count). The average molecular weight is 318 g/mol. The Labute approximate surface area is 104 Å². The van der Waals surface area contributed by atoms with Gasteiger partial charge in [-0.25, -0.2) is 0 Å². The van der Waals surface area contributed by atoms with Crippen LogP contribution < -0.4 is 4.90 Å². The third kappa shape index (κ3) is 3.89. The van der Waals surface area contributed by atoms with E-state index >= 15 is 0 Å². The van der Waals surface area contributed by atoms with Crippen LogP contribution in [0, 0.1) is 0 Å². The molecule has 0 aliphatic carbocycles. The van der Waals surface area contributed by atoms with Gasteiger partial charge in [-0.15, -0.1) is 10.2 Å². The van der Waals surface area contributed by atoms with E-state index in [0.717, 1.165) is 6.42 Å². The largest absolute Gasteiger partial charge is 0.445 e. The van der Waals surface area contributed by atoms with Crippen LogP contribution in [0.25, 0.3) is 0 Å². The molecule has 8 heteroatoms. The van der Waals surface area contributed by atoms with Gasteiger partial charge >= 0.3 is 6.18 Å². The van der Waals surface area contributed by atoms with Gasteiger partial charge in [0, 0.05) is 18.4 Å². The summed E-state index contributed by atoms with van der Waals surface area (Å²) < 4.78 is 36.8. The molecule has 0 N–H and O–H groups in total. The molecule has 0 radical (unpaired) electrons. The number of aromatic nitrogens is 2. The summed E-state index contributed by atoms with van der Waals surface area (Å²) in [5, 5.41) is 6.04. The fraction of sp³-hybridized carbons (Fsp3) is 0.750. The van der Waals surface area contributed by atoms with E-state index in [1.807, 2.05) is 6.92 Å². The van der Waals surface area contributed by atoms with E-state index in [4.69, 9.17) is 0 Å². The number of hydrogen-bond acceptors (Lipinski definition) is 4. The lowest BCUT2D eigenvalue weighted by Gasteiger charge is -2.15. The highest BCUT2D eigenvalue weighted by molar-refractivity contribution is 9.09. The molecular weight excluding hydrogens is 307 g/mol. The van der Waals surface area contributed by atoms with Crippen LogP contribution in [0.4, 0.5) is 18.3 Å². The van der Waals surface area contributed by atoms with E-state index in [0.29, 0.717) is 27.8 Å². The summed E-state index contributed by atoms with van der Waals surface area (Å²) >= 11 is 3.94. The van der Waals surface area contributed by atoms with Crippen LogP contribution in [0.5, 0.6) is 0 Å². The van der Waals surface area contributed by atoms with Crippen LogP contribution in [0.3, 0.4) is 0 Å². The van der Waals surface area contributed by atoms with Gasteiger partial charge in [0.15, 0.2) is 0 Å². The minimum atomic E-state index is -4.40. The maximum Gasteiger partial charge on any atom is 0.445 e. The highest BCUT2D eigenvalue weighted by Crippen LogP contribution is 2.34. The van der Waals surface area contributed by atoms with Crippen molar-refractivity contribution in [2.45, 2.75) is 24.3 Å². The van der Waals surface area contributed by atoms with Crippen LogP contribution in [0.2, 0.25) is 0 Å². The van der Waals surface area contributed by atoms with Crippen molar-refractivity contribution in [3.63, 3.8) is 0 Å². The predicted molar refractivity (Wildman–Crippen MR) is 61.2 cm³/mol. The first-order valence-corrected chi connectivity index (χ1v) is 6.30. The van der Waals surface area contributed by atoms with Crippen molar-refractivity contribution in [1.29, 1.82) is 0 Å². The van der Waals surface area contributed by atoms with Gasteiger partial charge in [0.25, 0.3) is 0 Å². The molecule has 0 aromatic carbocycles. The highest BCUT2D eigenvalue weighted by Gasteiger charge is 2.36. The SMILES string of the molecule is CC(Br)CCN(C)c1nnc(C(F)(F)F)s1. The summed E-state index contributed by atoms with van der Waals surface area (Å²) in [6.45, 7) is 2.62. The Morgan fingerprint density at radius 1 is 1.44 bits per heavy atom. The van der Waals surface area contributed by atoms with E-state index in [1.54, 1.807) is 11.9 Å². The van der Waals surface area contributed by atoms with E-state index in [2.05, 4.69) is 26.1 Å². The lowest BCUT2D eigenvalue weighted by molar-refractivity contribution is -0.138. The Balaban J connectivity index is 2.63. The lowest BCUT2D eigenvalue weighted by atomic mass is 10.3. The Morgan fingerprint density at radius 3 is 2.50 bits per heavy atom. The molecule has 92 valence electrons. The van der Waals surface area contributed by atoms with E-state index < -0.39 is 11.2 Å². The van der Waals surface area contributed by atoms with Gasteiger partial charge in [0.2, 0.25) is 10.1 Å². The van der Waals surface area contributed by atoms with Crippen LogP contribution in [-0.2, 0) is 6.18 Å². The van der Waals surface area contributed by atoms with Crippen molar-refractivity contribution in [2.24, 2.45) is 0 Å². The van der Waals surface area contributed by atoms with Crippen molar-refractivity contribution >= 4 is 32.4 Å². The molecular formula is C8H11BrF3N3S. The molecule has 0 fully saturated rings. The van der Waals surface area contributed by atoms with Gasteiger partial charge in [-0.2, -0.15) is 13.2 Å². The van der Waals surface area contributed by atoms with Crippen molar-refractivity contribution < 1.29 is 13.2 Å². The van der Waals surface area contributed by atoms with Crippen molar-refractivity contribution in [2.75, 3.05) is 18.5 Å². The zero-order valence-corrected chi connectivity index (χ0v) is 11.2. The fourth-order valence-corrected chi connectivity index (χ4v) is 1.86. The number of anilines is 1. The van der Waals surface area contributed by atoms with E-state index in [-0.39, 0.29) is 0 Å². The average Bonchev–Trinajstić information content (AvgIpc) is 2.61. The second kappa shape index (κ2) is 5.31. The zero-order valence-electron chi connectivity index (χ0n) is 8.75. The molecule has 1 aromatic heterocycles. The first kappa shape index (κ1) is 13.7. The molecule has 0 amide bonds. The molecule has 0 saturated heterocycles. The second-order valence-electron chi connectivity index (χ2n) is 3.38. The quantitative estimate of drug-likeness (QED) is 0.799. The number of rotatable bonds is 4. The summed E-state index contributed by atoms with van der Waals surface area (Å²) in [7, 11) is 1.70. The molecule has 0 aliphatic heterocycles. The minimum Gasteiger partial charge on any atom is -0.350 e. The van der Waals surface area contributed by atoms with Crippen molar-refractivity contribution in [1.82, 2.24) is 10.2 Å². The molecule has 16 heavy (non-hydrogen) atoms. The lowest BCUT2D eigenvalue weighted by Crippen LogP contribution is -2.20. The number of nitrogens with zero attached hydrogens (tertiary/aromatic N) is 3. The van der Waals surface area contributed by atoms with Crippen LogP contribution in [-0.4, -0.2) is 28.6 Å². The zero-order chi connectivity index (χ0) is 12.3.